The van der Waals surface area contributed by atoms with Crippen molar-refractivity contribution >= 4 is 37.4 Å². The Morgan fingerprint density at radius 2 is 1.90 bits per heavy atom. The molecule has 1 aromatic heterocycles. The molecule has 1 aromatic rings. The molecule has 0 bridgehead atoms. The van der Waals surface area contributed by atoms with Gasteiger partial charge in [0.15, 0.2) is 0 Å². The van der Waals surface area contributed by atoms with Crippen molar-refractivity contribution in [3.8, 4) is 0 Å². The summed E-state index contributed by atoms with van der Waals surface area (Å²) in [7, 11) is -8.12. The average Bonchev–Trinajstić information content (AvgIpc) is 2.74. The van der Waals surface area contributed by atoms with Crippen molar-refractivity contribution in [2.24, 2.45) is 11.1 Å². The molecule has 0 aromatic carbocycles. The standard InChI is InChI=1S/C9H14N2O6S3/c1-5(2)8(9(12)13)11-20(16,17)6-3-7(18-4-6)19(10,14)15/h3-5,8,11H,1-2H3,(H,12,13)(H2,10,14,15)/t8-/m1/s1. The maximum Gasteiger partial charge on any atom is 0.322 e. The minimum Gasteiger partial charge on any atom is -0.480 e. The van der Waals surface area contributed by atoms with E-state index in [9.17, 15) is 21.6 Å². The van der Waals surface area contributed by atoms with Crippen LogP contribution in [0.2, 0.25) is 0 Å². The summed E-state index contributed by atoms with van der Waals surface area (Å²) in [6.07, 6.45) is 0. The molecule has 11 heteroatoms. The number of hydrogen-bond donors (Lipinski definition) is 3. The smallest absolute Gasteiger partial charge is 0.322 e. The summed E-state index contributed by atoms with van der Waals surface area (Å²) in [5.74, 6) is -1.79. The predicted octanol–water partition coefficient (Wildman–Crippen LogP) is -0.217. The molecule has 114 valence electrons. The van der Waals surface area contributed by atoms with Crippen LogP contribution in [0.3, 0.4) is 0 Å². The number of sulfonamides is 2. The van der Waals surface area contributed by atoms with Crippen LogP contribution in [0.1, 0.15) is 13.8 Å². The number of primary sulfonamides is 1. The topological polar surface area (TPSA) is 144 Å². The highest BCUT2D eigenvalue weighted by Gasteiger charge is 2.29. The molecule has 0 fully saturated rings. The SMILES string of the molecule is CC(C)[C@@H](NS(=O)(=O)c1csc(S(N)(=O)=O)c1)C(=O)O. The maximum absolute atomic E-state index is 12.0. The van der Waals surface area contributed by atoms with Gasteiger partial charge in [0, 0.05) is 5.38 Å². The predicted molar refractivity (Wildman–Crippen MR) is 72.3 cm³/mol. The van der Waals surface area contributed by atoms with Crippen molar-refractivity contribution < 1.29 is 26.7 Å². The molecular formula is C9H14N2O6S3. The lowest BCUT2D eigenvalue weighted by Crippen LogP contribution is -2.44. The van der Waals surface area contributed by atoms with E-state index in [-0.39, 0.29) is 9.10 Å². The van der Waals surface area contributed by atoms with Gasteiger partial charge in [0.05, 0.1) is 4.90 Å². The number of hydrogen-bond acceptors (Lipinski definition) is 6. The van der Waals surface area contributed by atoms with Gasteiger partial charge in [-0.3, -0.25) is 4.79 Å². The van der Waals surface area contributed by atoms with E-state index in [1.165, 1.54) is 0 Å². The lowest BCUT2D eigenvalue weighted by atomic mass is 10.1. The van der Waals surface area contributed by atoms with Gasteiger partial charge in [-0.1, -0.05) is 13.8 Å². The first-order chi connectivity index (χ1) is 8.95. The first-order valence-corrected chi connectivity index (χ1v) is 9.22. The molecule has 1 heterocycles. The van der Waals surface area contributed by atoms with E-state index < -0.39 is 38.0 Å². The molecular weight excluding hydrogens is 328 g/mol. The quantitative estimate of drug-likeness (QED) is 0.652. The second-order valence-corrected chi connectivity index (χ2v) is 8.74. The minimum atomic E-state index is -4.13. The van der Waals surface area contributed by atoms with Crippen LogP contribution in [-0.2, 0) is 24.8 Å². The Labute approximate surface area is 120 Å². The summed E-state index contributed by atoms with van der Waals surface area (Å²) in [5.41, 5.74) is 0. The van der Waals surface area contributed by atoms with E-state index in [1.54, 1.807) is 13.8 Å². The minimum absolute atomic E-state index is 0.311. The van der Waals surface area contributed by atoms with E-state index in [0.717, 1.165) is 11.4 Å². The monoisotopic (exact) mass is 342 g/mol. The molecule has 0 aliphatic heterocycles. The van der Waals surface area contributed by atoms with Crippen LogP contribution in [-0.4, -0.2) is 34.0 Å². The number of carboxylic acid groups (broad SMARTS) is 1. The number of carboxylic acids is 1. The molecule has 0 spiro atoms. The van der Waals surface area contributed by atoms with E-state index >= 15 is 0 Å². The summed E-state index contributed by atoms with van der Waals surface area (Å²) >= 11 is 0.648. The Bertz CT molecular complexity index is 704. The summed E-state index contributed by atoms with van der Waals surface area (Å²) in [4.78, 5) is 10.6. The third-order valence-corrected chi connectivity index (χ3v) is 6.31. The molecule has 8 nitrogen and oxygen atoms in total. The van der Waals surface area contributed by atoms with Gasteiger partial charge in [-0.2, -0.15) is 4.72 Å². The summed E-state index contributed by atoms with van der Waals surface area (Å²) in [6, 6.07) is -0.417. The zero-order chi connectivity index (χ0) is 15.7. The molecule has 0 saturated carbocycles. The van der Waals surface area contributed by atoms with E-state index in [2.05, 4.69) is 0 Å². The van der Waals surface area contributed by atoms with E-state index in [1.807, 2.05) is 4.72 Å². The first kappa shape index (κ1) is 17.0. The fourth-order valence-corrected chi connectivity index (χ4v) is 4.68. The van der Waals surface area contributed by atoms with Crippen molar-refractivity contribution in [2.45, 2.75) is 29.0 Å². The number of thiophene rings is 1. The van der Waals surface area contributed by atoms with Gasteiger partial charge in [0.2, 0.25) is 20.0 Å². The van der Waals surface area contributed by atoms with Crippen LogP contribution in [0.25, 0.3) is 0 Å². The van der Waals surface area contributed by atoms with Crippen LogP contribution in [0.4, 0.5) is 0 Å². The molecule has 0 amide bonds. The summed E-state index contributed by atoms with van der Waals surface area (Å²) in [5, 5.41) is 14.9. The molecule has 20 heavy (non-hydrogen) atoms. The van der Waals surface area contributed by atoms with Gasteiger partial charge in [-0.05, 0) is 12.0 Å². The van der Waals surface area contributed by atoms with Crippen LogP contribution >= 0.6 is 11.3 Å². The number of aliphatic carboxylic acids is 1. The fourth-order valence-electron chi connectivity index (χ4n) is 1.30. The van der Waals surface area contributed by atoms with Crippen LogP contribution in [0, 0.1) is 5.92 Å². The molecule has 0 saturated heterocycles. The Morgan fingerprint density at radius 1 is 1.35 bits per heavy atom. The molecule has 0 aliphatic rings. The lowest BCUT2D eigenvalue weighted by Gasteiger charge is -2.17. The van der Waals surface area contributed by atoms with Gasteiger partial charge in [-0.15, -0.1) is 11.3 Å². The Kier molecular flexibility index (Phi) is 4.92. The maximum atomic E-state index is 12.0. The molecule has 1 rings (SSSR count). The van der Waals surface area contributed by atoms with Gasteiger partial charge < -0.3 is 5.11 Å². The van der Waals surface area contributed by atoms with E-state index in [0.29, 0.717) is 11.3 Å². The van der Waals surface area contributed by atoms with Crippen molar-refractivity contribution in [2.75, 3.05) is 0 Å². The normalized spacial score (nSPS) is 14.4. The second-order valence-electron chi connectivity index (χ2n) is 4.33. The molecule has 1 atom stereocenters. The molecule has 4 N–H and O–H groups in total. The first-order valence-electron chi connectivity index (χ1n) is 5.31. The highest BCUT2D eigenvalue weighted by atomic mass is 32.2. The molecule has 0 radical (unpaired) electrons. The summed E-state index contributed by atoms with van der Waals surface area (Å²) < 4.78 is 47.9. The van der Waals surface area contributed by atoms with Crippen molar-refractivity contribution in [3.63, 3.8) is 0 Å². The Balaban J connectivity index is 3.12. The highest BCUT2D eigenvalue weighted by molar-refractivity contribution is 7.92. The van der Waals surface area contributed by atoms with Crippen molar-refractivity contribution in [1.82, 2.24) is 4.72 Å². The fraction of sp³-hybridized carbons (Fsp3) is 0.444. The Hall–Kier alpha value is -1.01. The third-order valence-electron chi connectivity index (χ3n) is 2.36. The van der Waals surface area contributed by atoms with Crippen LogP contribution in [0.5, 0.6) is 0 Å². The highest BCUT2D eigenvalue weighted by Crippen LogP contribution is 2.23. The molecule has 0 aliphatic carbocycles. The summed E-state index contributed by atoms with van der Waals surface area (Å²) in [6.45, 7) is 3.09. The number of nitrogens with one attached hydrogen (secondary N) is 1. The number of rotatable bonds is 6. The van der Waals surface area contributed by atoms with Gasteiger partial charge in [0.25, 0.3) is 0 Å². The van der Waals surface area contributed by atoms with Gasteiger partial charge in [0.1, 0.15) is 10.3 Å². The lowest BCUT2D eigenvalue weighted by molar-refractivity contribution is -0.140. The van der Waals surface area contributed by atoms with E-state index in [4.69, 9.17) is 10.2 Å². The van der Waals surface area contributed by atoms with Gasteiger partial charge >= 0.3 is 5.97 Å². The Morgan fingerprint density at radius 3 is 2.25 bits per heavy atom. The zero-order valence-electron chi connectivity index (χ0n) is 10.6. The molecule has 0 unspecified atom stereocenters. The van der Waals surface area contributed by atoms with Gasteiger partial charge in [-0.25, -0.2) is 22.0 Å². The zero-order valence-corrected chi connectivity index (χ0v) is 13.0. The van der Waals surface area contributed by atoms with Crippen LogP contribution < -0.4 is 9.86 Å². The number of nitrogens with two attached hydrogens (primary N) is 1. The largest absolute Gasteiger partial charge is 0.480 e. The average molecular weight is 342 g/mol. The van der Waals surface area contributed by atoms with Crippen LogP contribution in [0.15, 0.2) is 20.6 Å². The third kappa shape index (κ3) is 3.99. The van der Waals surface area contributed by atoms with Crippen molar-refractivity contribution in [1.29, 1.82) is 0 Å². The van der Waals surface area contributed by atoms with Crippen molar-refractivity contribution in [3.05, 3.63) is 11.4 Å². The second kappa shape index (κ2) is 5.77. The number of carbonyl (C=O) groups is 1.